The van der Waals surface area contributed by atoms with Crippen molar-refractivity contribution in [3.8, 4) is 0 Å². The lowest BCUT2D eigenvalue weighted by molar-refractivity contribution is 0.0652. The van der Waals surface area contributed by atoms with Gasteiger partial charge in [-0.15, -0.1) is 0 Å². The zero-order valence-electron chi connectivity index (χ0n) is 10.3. The number of hydrogen-bond acceptors (Lipinski definition) is 3. The summed E-state index contributed by atoms with van der Waals surface area (Å²) in [6.45, 7) is 10.7. The fourth-order valence-corrected chi connectivity index (χ4v) is 3.18. The van der Waals surface area contributed by atoms with Crippen molar-refractivity contribution in [1.82, 2.24) is 9.21 Å². The van der Waals surface area contributed by atoms with E-state index in [1.54, 1.807) is 4.31 Å². The molecular formula is C10H22N2O2S. The van der Waals surface area contributed by atoms with Crippen molar-refractivity contribution in [2.45, 2.75) is 39.3 Å². The Bertz CT molecular complexity index is 319. The van der Waals surface area contributed by atoms with Crippen LogP contribution in [0.5, 0.6) is 0 Å². The fraction of sp³-hybridized carbons (Fsp3) is 1.00. The van der Waals surface area contributed by atoms with E-state index in [0.29, 0.717) is 6.54 Å². The van der Waals surface area contributed by atoms with Gasteiger partial charge in [-0.25, -0.2) is 8.42 Å². The first-order valence-corrected chi connectivity index (χ1v) is 7.19. The van der Waals surface area contributed by atoms with Gasteiger partial charge in [-0.05, 0) is 27.7 Å². The highest BCUT2D eigenvalue weighted by Gasteiger charge is 2.33. The van der Waals surface area contributed by atoms with E-state index in [4.69, 9.17) is 0 Å². The molecule has 0 aromatic rings. The topological polar surface area (TPSA) is 40.6 Å². The highest BCUT2D eigenvalue weighted by molar-refractivity contribution is 7.88. The Morgan fingerprint density at radius 1 is 1.20 bits per heavy atom. The first-order chi connectivity index (χ1) is 6.62. The fourth-order valence-electron chi connectivity index (χ4n) is 2.04. The molecule has 0 amide bonds. The standard InChI is InChI=1S/C10H22N2O2S/c1-9-8-11(10(2,3)4)6-7-12(9)15(5,13)14/h9H,6-8H2,1-5H3. The number of rotatable bonds is 1. The van der Waals surface area contributed by atoms with Gasteiger partial charge in [-0.2, -0.15) is 4.31 Å². The van der Waals surface area contributed by atoms with Crippen LogP contribution >= 0.6 is 0 Å². The highest BCUT2D eigenvalue weighted by atomic mass is 32.2. The maximum absolute atomic E-state index is 11.5. The summed E-state index contributed by atoms with van der Waals surface area (Å²) in [5, 5.41) is 0. The third kappa shape index (κ3) is 3.16. The molecule has 0 aliphatic carbocycles. The molecule has 15 heavy (non-hydrogen) atoms. The van der Waals surface area contributed by atoms with Crippen LogP contribution in [-0.4, -0.2) is 55.1 Å². The van der Waals surface area contributed by atoms with Crippen LogP contribution in [0, 0.1) is 0 Å². The van der Waals surface area contributed by atoms with Gasteiger partial charge in [0.05, 0.1) is 6.26 Å². The van der Waals surface area contributed by atoms with Crippen molar-refractivity contribution in [2.75, 3.05) is 25.9 Å². The van der Waals surface area contributed by atoms with E-state index >= 15 is 0 Å². The molecule has 90 valence electrons. The largest absolute Gasteiger partial charge is 0.296 e. The van der Waals surface area contributed by atoms with Gasteiger partial charge in [0.15, 0.2) is 0 Å². The lowest BCUT2D eigenvalue weighted by atomic mass is 10.0. The summed E-state index contributed by atoms with van der Waals surface area (Å²) in [5.41, 5.74) is 0.123. The van der Waals surface area contributed by atoms with Gasteiger partial charge in [-0.1, -0.05) is 0 Å². The van der Waals surface area contributed by atoms with Crippen LogP contribution in [0.2, 0.25) is 0 Å². The van der Waals surface area contributed by atoms with Crippen LogP contribution in [0.1, 0.15) is 27.7 Å². The molecule has 1 saturated heterocycles. The summed E-state index contributed by atoms with van der Waals surface area (Å²) < 4.78 is 24.5. The molecule has 0 radical (unpaired) electrons. The molecule has 0 saturated carbocycles. The molecule has 4 nitrogen and oxygen atoms in total. The average Bonchev–Trinajstić information content (AvgIpc) is 1.99. The molecule has 0 N–H and O–H groups in total. The lowest BCUT2D eigenvalue weighted by Gasteiger charge is -2.44. The van der Waals surface area contributed by atoms with Crippen molar-refractivity contribution in [3.63, 3.8) is 0 Å². The molecule has 1 unspecified atom stereocenters. The van der Waals surface area contributed by atoms with E-state index in [9.17, 15) is 8.42 Å². The Labute approximate surface area is 93.3 Å². The summed E-state index contributed by atoms with van der Waals surface area (Å²) in [4.78, 5) is 2.33. The number of nitrogens with zero attached hydrogens (tertiary/aromatic N) is 2. The molecule has 0 aromatic heterocycles. The first kappa shape index (κ1) is 12.9. The van der Waals surface area contributed by atoms with Crippen molar-refractivity contribution in [3.05, 3.63) is 0 Å². The number of hydrogen-bond donors (Lipinski definition) is 0. The highest BCUT2D eigenvalue weighted by Crippen LogP contribution is 2.20. The maximum Gasteiger partial charge on any atom is 0.211 e. The van der Waals surface area contributed by atoms with Gasteiger partial charge in [-0.3, -0.25) is 4.90 Å². The molecule has 1 fully saturated rings. The van der Waals surface area contributed by atoms with Crippen molar-refractivity contribution in [2.24, 2.45) is 0 Å². The number of piperazine rings is 1. The van der Waals surface area contributed by atoms with E-state index in [0.717, 1.165) is 13.1 Å². The van der Waals surface area contributed by atoms with E-state index in [1.165, 1.54) is 6.26 Å². The molecule has 1 aliphatic rings. The van der Waals surface area contributed by atoms with E-state index in [-0.39, 0.29) is 11.6 Å². The maximum atomic E-state index is 11.5. The van der Waals surface area contributed by atoms with E-state index in [1.807, 2.05) is 6.92 Å². The quantitative estimate of drug-likeness (QED) is 0.672. The zero-order valence-corrected chi connectivity index (χ0v) is 11.1. The first-order valence-electron chi connectivity index (χ1n) is 5.34. The smallest absolute Gasteiger partial charge is 0.211 e. The molecule has 1 atom stereocenters. The minimum atomic E-state index is -3.04. The third-order valence-electron chi connectivity index (χ3n) is 2.94. The summed E-state index contributed by atoms with van der Waals surface area (Å²) in [6, 6.07) is 0.0768. The second-order valence-corrected chi connectivity index (χ2v) is 7.27. The van der Waals surface area contributed by atoms with Crippen LogP contribution in [0.25, 0.3) is 0 Å². The second kappa shape index (κ2) is 4.03. The van der Waals surface area contributed by atoms with Crippen LogP contribution in [-0.2, 0) is 10.0 Å². The van der Waals surface area contributed by atoms with Crippen LogP contribution in [0.4, 0.5) is 0 Å². The SMILES string of the molecule is CC1CN(C(C)(C)C)CCN1S(C)(=O)=O. The third-order valence-corrected chi connectivity index (χ3v) is 4.34. The van der Waals surface area contributed by atoms with Gasteiger partial charge in [0.2, 0.25) is 10.0 Å². The van der Waals surface area contributed by atoms with Crippen molar-refractivity contribution in [1.29, 1.82) is 0 Å². The molecule has 1 rings (SSSR count). The van der Waals surface area contributed by atoms with Gasteiger partial charge in [0, 0.05) is 31.2 Å². The van der Waals surface area contributed by atoms with Gasteiger partial charge < -0.3 is 0 Å². The summed E-state index contributed by atoms with van der Waals surface area (Å²) in [5.74, 6) is 0. The molecule has 0 aromatic carbocycles. The average molecular weight is 234 g/mol. The van der Waals surface area contributed by atoms with Gasteiger partial charge >= 0.3 is 0 Å². The van der Waals surface area contributed by atoms with E-state index in [2.05, 4.69) is 25.7 Å². The molecule has 0 bridgehead atoms. The Balaban J connectivity index is 2.72. The Morgan fingerprint density at radius 3 is 2.07 bits per heavy atom. The normalized spacial score (nSPS) is 26.9. The van der Waals surface area contributed by atoms with E-state index < -0.39 is 10.0 Å². The van der Waals surface area contributed by atoms with Gasteiger partial charge in [0.25, 0.3) is 0 Å². The lowest BCUT2D eigenvalue weighted by Crippen LogP contribution is -2.58. The monoisotopic (exact) mass is 234 g/mol. The summed E-state index contributed by atoms with van der Waals surface area (Å²) in [6.07, 6.45) is 1.29. The minimum absolute atomic E-state index is 0.0768. The molecule has 0 spiro atoms. The van der Waals surface area contributed by atoms with Crippen molar-refractivity contribution >= 4 is 10.0 Å². The van der Waals surface area contributed by atoms with Gasteiger partial charge in [0.1, 0.15) is 0 Å². The molecular weight excluding hydrogens is 212 g/mol. The van der Waals surface area contributed by atoms with Crippen LogP contribution in [0.3, 0.4) is 0 Å². The van der Waals surface area contributed by atoms with Crippen LogP contribution in [0.15, 0.2) is 0 Å². The molecule has 1 aliphatic heterocycles. The predicted octanol–water partition coefficient (Wildman–Crippen LogP) is 0.751. The van der Waals surface area contributed by atoms with Crippen LogP contribution < -0.4 is 0 Å². The Hall–Kier alpha value is -0.130. The predicted molar refractivity (Wildman–Crippen MR) is 62.3 cm³/mol. The Morgan fingerprint density at radius 2 is 1.73 bits per heavy atom. The second-order valence-electron chi connectivity index (χ2n) is 5.34. The number of sulfonamides is 1. The zero-order chi connectivity index (χ0) is 11.9. The summed E-state index contributed by atoms with van der Waals surface area (Å²) >= 11 is 0. The Kier molecular flexibility index (Phi) is 3.48. The van der Waals surface area contributed by atoms with Crippen molar-refractivity contribution < 1.29 is 8.42 Å². The molecule has 1 heterocycles. The molecule has 5 heteroatoms. The summed E-state index contributed by atoms with van der Waals surface area (Å²) in [7, 11) is -3.04. The minimum Gasteiger partial charge on any atom is -0.296 e.